The molecule has 0 aliphatic heterocycles. The van der Waals surface area contributed by atoms with Crippen LogP contribution >= 0.6 is 15.9 Å². The lowest BCUT2D eigenvalue weighted by molar-refractivity contribution is -0.120. The molecular formula is C16H17BrN2O. The fourth-order valence-corrected chi connectivity index (χ4v) is 2.73. The van der Waals surface area contributed by atoms with Gasteiger partial charge in [0.1, 0.15) is 0 Å². The van der Waals surface area contributed by atoms with E-state index >= 15 is 0 Å². The number of halogens is 1. The molecule has 2 N–H and O–H groups in total. The molecule has 104 valence electrons. The van der Waals surface area contributed by atoms with E-state index in [1.807, 2.05) is 24.3 Å². The fraction of sp³-hybridized carbons (Fsp3) is 0.312. The molecule has 3 nitrogen and oxygen atoms in total. The SMILES string of the molecule is O=C(CCNc1ccc(Br)c2ccccc12)NC1CC1. The van der Waals surface area contributed by atoms with E-state index in [1.165, 1.54) is 10.8 Å². The first kappa shape index (κ1) is 13.4. The van der Waals surface area contributed by atoms with Crippen molar-refractivity contribution in [3.05, 3.63) is 40.9 Å². The highest BCUT2D eigenvalue weighted by atomic mass is 79.9. The molecule has 1 fully saturated rings. The fourth-order valence-electron chi connectivity index (χ4n) is 2.25. The van der Waals surface area contributed by atoms with E-state index in [1.54, 1.807) is 0 Å². The Morgan fingerprint density at radius 2 is 1.90 bits per heavy atom. The summed E-state index contributed by atoms with van der Waals surface area (Å²) in [4.78, 5) is 11.6. The molecular weight excluding hydrogens is 316 g/mol. The van der Waals surface area contributed by atoms with Gasteiger partial charge in [0.25, 0.3) is 0 Å². The Labute approximate surface area is 126 Å². The molecule has 0 radical (unpaired) electrons. The van der Waals surface area contributed by atoms with Crippen LogP contribution in [0.25, 0.3) is 10.8 Å². The van der Waals surface area contributed by atoms with Gasteiger partial charge < -0.3 is 10.6 Å². The van der Waals surface area contributed by atoms with Gasteiger partial charge in [-0.1, -0.05) is 40.2 Å². The van der Waals surface area contributed by atoms with Gasteiger partial charge in [0.2, 0.25) is 5.91 Å². The molecule has 0 spiro atoms. The zero-order valence-electron chi connectivity index (χ0n) is 11.2. The third kappa shape index (κ3) is 3.12. The maximum absolute atomic E-state index is 11.6. The van der Waals surface area contributed by atoms with Crippen LogP contribution in [-0.2, 0) is 4.79 Å². The molecule has 0 unspecified atom stereocenters. The first-order chi connectivity index (χ1) is 9.74. The van der Waals surface area contributed by atoms with E-state index in [4.69, 9.17) is 0 Å². The molecule has 1 amide bonds. The summed E-state index contributed by atoms with van der Waals surface area (Å²) in [5.74, 6) is 0.140. The quantitative estimate of drug-likeness (QED) is 0.876. The summed E-state index contributed by atoms with van der Waals surface area (Å²) in [7, 11) is 0. The Hall–Kier alpha value is -1.55. The molecule has 0 aromatic heterocycles. The van der Waals surface area contributed by atoms with E-state index < -0.39 is 0 Å². The molecule has 2 aromatic rings. The predicted molar refractivity (Wildman–Crippen MR) is 85.9 cm³/mol. The van der Waals surface area contributed by atoms with E-state index in [2.05, 4.69) is 38.7 Å². The number of amides is 1. The number of fused-ring (bicyclic) bond motifs is 1. The predicted octanol–water partition coefficient (Wildman–Crippen LogP) is 3.68. The number of carbonyl (C=O) groups excluding carboxylic acids is 1. The van der Waals surface area contributed by atoms with E-state index in [-0.39, 0.29) is 5.91 Å². The van der Waals surface area contributed by atoms with Gasteiger partial charge in [-0.2, -0.15) is 0 Å². The zero-order chi connectivity index (χ0) is 13.9. The van der Waals surface area contributed by atoms with Gasteiger partial charge in [0.05, 0.1) is 0 Å². The second-order valence-corrected chi connectivity index (χ2v) is 6.01. The largest absolute Gasteiger partial charge is 0.384 e. The van der Waals surface area contributed by atoms with Crippen molar-refractivity contribution in [1.82, 2.24) is 5.32 Å². The van der Waals surface area contributed by atoms with Crippen molar-refractivity contribution in [2.45, 2.75) is 25.3 Å². The molecule has 20 heavy (non-hydrogen) atoms. The van der Waals surface area contributed by atoms with Crippen LogP contribution in [-0.4, -0.2) is 18.5 Å². The maximum atomic E-state index is 11.6. The second-order valence-electron chi connectivity index (χ2n) is 5.16. The van der Waals surface area contributed by atoms with Crippen molar-refractivity contribution in [3.63, 3.8) is 0 Å². The maximum Gasteiger partial charge on any atom is 0.221 e. The lowest BCUT2D eigenvalue weighted by Crippen LogP contribution is -2.27. The summed E-state index contributed by atoms with van der Waals surface area (Å²) >= 11 is 3.56. The molecule has 4 heteroatoms. The Bertz CT molecular complexity index is 637. The minimum atomic E-state index is 0.140. The highest BCUT2D eigenvalue weighted by molar-refractivity contribution is 9.10. The number of rotatable bonds is 5. The van der Waals surface area contributed by atoms with Crippen molar-refractivity contribution in [1.29, 1.82) is 0 Å². The summed E-state index contributed by atoms with van der Waals surface area (Å²) in [6.45, 7) is 0.657. The van der Waals surface area contributed by atoms with Crippen LogP contribution < -0.4 is 10.6 Å². The van der Waals surface area contributed by atoms with Crippen LogP contribution in [0, 0.1) is 0 Å². The number of anilines is 1. The Morgan fingerprint density at radius 1 is 1.15 bits per heavy atom. The van der Waals surface area contributed by atoms with Crippen molar-refractivity contribution < 1.29 is 4.79 Å². The second kappa shape index (κ2) is 5.83. The minimum absolute atomic E-state index is 0.140. The van der Waals surface area contributed by atoms with Crippen LogP contribution in [0.1, 0.15) is 19.3 Å². The molecule has 1 aliphatic carbocycles. The molecule has 0 bridgehead atoms. The summed E-state index contributed by atoms with van der Waals surface area (Å²) in [6, 6.07) is 12.8. The summed E-state index contributed by atoms with van der Waals surface area (Å²) in [5, 5.41) is 8.71. The van der Waals surface area contributed by atoms with E-state index in [0.29, 0.717) is 19.0 Å². The van der Waals surface area contributed by atoms with Gasteiger partial charge in [0.15, 0.2) is 0 Å². The Balaban J connectivity index is 1.65. The monoisotopic (exact) mass is 332 g/mol. The van der Waals surface area contributed by atoms with Crippen LogP contribution in [0.2, 0.25) is 0 Å². The van der Waals surface area contributed by atoms with Gasteiger partial charge in [-0.15, -0.1) is 0 Å². The summed E-state index contributed by atoms with van der Waals surface area (Å²) in [6.07, 6.45) is 2.79. The molecule has 0 heterocycles. The van der Waals surface area contributed by atoms with Gasteiger partial charge in [0, 0.05) is 34.6 Å². The smallest absolute Gasteiger partial charge is 0.221 e. The average Bonchev–Trinajstić information content (AvgIpc) is 3.26. The lowest BCUT2D eigenvalue weighted by atomic mass is 10.1. The Morgan fingerprint density at radius 3 is 2.65 bits per heavy atom. The van der Waals surface area contributed by atoms with Crippen molar-refractivity contribution in [3.8, 4) is 0 Å². The third-order valence-electron chi connectivity index (χ3n) is 3.48. The van der Waals surface area contributed by atoms with Gasteiger partial charge in [-0.05, 0) is 30.4 Å². The van der Waals surface area contributed by atoms with Gasteiger partial charge in [-0.25, -0.2) is 0 Å². The highest BCUT2D eigenvalue weighted by Crippen LogP contribution is 2.29. The Kier molecular flexibility index (Phi) is 3.92. The number of carbonyl (C=O) groups is 1. The third-order valence-corrected chi connectivity index (χ3v) is 4.17. The van der Waals surface area contributed by atoms with Crippen molar-refractivity contribution >= 4 is 38.3 Å². The van der Waals surface area contributed by atoms with E-state index in [9.17, 15) is 4.79 Å². The van der Waals surface area contributed by atoms with Crippen LogP contribution in [0.3, 0.4) is 0 Å². The average molecular weight is 333 g/mol. The molecule has 2 aromatic carbocycles. The van der Waals surface area contributed by atoms with Crippen molar-refractivity contribution in [2.75, 3.05) is 11.9 Å². The molecule has 1 aliphatic rings. The minimum Gasteiger partial charge on any atom is -0.384 e. The number of hydrogen-bond acceptors (Lipinski definition) is 2. The first-order valence-electron chi connectivity index (χ1n) is 6.94. The zero-order valence-corrected chi connectivity index (χ0v) is 12.7. The van der Waals surface area contributed by atoms with Crippen LogP contribution in [0.4, 0.5) is 5.69 Å². The van der Waals surface area contributed by atoms with Crippen molar-refractivity contribution in [2.24, 2.45) is 0 Å². The standard InChI is InChI=1S/C16H17BrN2O/c17-14-7-8-15(13-4-2-1-3-12(13)14)18-10-9-16(20)19-11-5-6-11/h1-4,7-8,11,18H,5-6,9-10H2,(H,19,20). The molecule has 0 atom stereocenters. The molecule has 3 rings (SSSR count). The highest BCUT2D eigenvalue weighted by Gasteiger charge is 2.22. The van der Waals surface area contributed by atoms with Gasteiger partial charge in [-0.3, -0.25) is 4.79 Å². The molecule has 1 saturated carbocycles. The topological polar surface area (TPSA) is 41.1 Å². The summed E-state index contributed by atoms with van der Waals surface area (Å²) in [5.41, 5.74) is 1.07. The lowest BCUT2D eigenvalue weighted by Gasteiger charge is -2.11. The van der Waals surface area contributed by atoms with Crippen LogP contribution in [0.15, 0.2) is 40.9 Å². The van der Waals surface area contributed by atoms with E-state index in [0.717, 1.165) is 23.0 Å². The number of benzene rings is 2. The number of nitrogens with one attached hydrogen (secondary N) is 2. The first-order valence-corrected chi connectivity index (χ1v) is 7.74. The number of hydrogen-bond donors (Lipinski definition) is 2. The summed E-state index contributed by atoms with van der Waals surface area (Å²) < 4.78 is 1.09. The molecule has 0 saturated heterocycles. The van der Waals surface area contributed by atoms with Crippen LogP contribution in [0.5, 0.6) is 0 Å². The van der Waals surface area contributed by atoms with Gasteiger partial charge >= 0.3 is 0 Å². The normalized spacial score (nSPS) is 14.2.